The van der Waals surface area contributed by atoms with Gasteiger partial charge in [-0.25, -0.2) is 4.79 Å². The Morgan fingerprint density at radius 1 is 1.03 bits per heavy atom. The van der Waals surface area contributed by atoms with E-state index in [2.05, 4.69) is 0 Å². The van der Waals surface area contributed by atoms with Gasteiger partial charge in [0.1, 0.15) is 5.60 Å². The molecule has 1 amide bonds. The van der Waals surface area contributed by atoms with Crippen molar-refractivity contribution >= 4 is 29.2 Å². The van der Waals surface area contributed by atoms with Gasteiger partial charge in [-0.3, -0.25) is 0 Å². The second-order valence-corrected chi connectivity index (χ2v) is 10.7. The number of para-hydroxylation sites is 1. The van der Waals surface area contributed by atoms with Crippen molar-refractivity contribution in [3.63, 3.8) is 0 Å². The van der Waals surface area contributed by atoms with Gasteiger partial charge in [0.15, 0.2) is 0 Å². The number of carbonyl (C=O) groups is 1. The monoisotopic (exact) mass is 478 g/mol. The lowest BCUT2D eigenvalue weighted by molar-refractivity contribution is -0.137. The smallest absolute Gasteiger partial charge is 0.416 e. The Hall–Kier alpha value is -2.35. The van der Waals surface area contributed by atoms with Crippen molar-refractivity contribution in [2.45, 2.75) is 61.6 Å². The second-order valence-electron chi connectivity index (χ2n) is 9.60. The summed E-state index contributed by atoms with van der Waals surface area (Å²) in [7, 11) is 0. The maximum absolute atomic E-state index is 13.4. The van der Waals surface area contributed by atoms with Gasteiger partial charge in [-0.1, -0.05) is 23.9 Å². The van der Waals surface area contributed by atoms with E-state index >= 15 is 0 Å². The molecule has 0 spiro atoms. The molecule has 0 aliphatic carbocycles. The molecule has 4 nitrogen and oxygen atoms in total. The summed E-state index contributed by atoms with van der Waals surface area (Å²) in [5.41, 5.74) is 0.410. The topological polar surface area (TPSA) is 32.8 Å². The van der Waals surface area contributed by atoms with Gasteiger partial charge < -0.3 is 14.5 Å². The van der Waals surface area contributed by atoms with Crippen LogP contribution in [0.1, 0.15) is 45.6 Å². The fraction of sp³-hybridized carbons (Fsp3) is 0.480. The summed E-state index contributed by atoms with van der Waals surface area (Å²) < 4.78 is 45.7. The summed E-state index contributed by atoms with van der Waals surface area (Å²) in [4.78, 5) is 18.0. The number of carbonyl (C=O) groups excluding carboxylic acids is 1. The zero-order chi connectivity index (χ0) is 23.8. The van der Waals surface area contributed by atoms with Crippen LogP contribution in [0.3, 0.4) is 0 Å². The summed E-state index contributed by atoms with van der Waals surface area (Å²) in [6, 6.07) is 11.8. The minimum atomic E-state index is -4.38. The van der Waals surface area contributed by atoms with Gasteiger partial charge in [0, 0.05) is 29.4 Å². The number of anilines is 2. The van der Waals surface area contributed by atoms with Gasteiger partial charge in [0.25, 0.3) is 0 Å². The van der Waals surface area contributed by atoms with E-state index in [0.29, 0.717) is 31.2 Å². The first kappa shape index (κ1) is 23.8. The maximum atomic E-state index is 13.4. The molecule has 2 aromatic rings. The predicted octanol–water partition coefficient (Wildman–Crippen LogP) is 7.35. The highest BCUT2D eigenvalue weighted by atomic mass is 32.2. The number of hydrogen-bond donors (Lipinski definition) is 0. The van der Waals surface area contributed by atoms with Gasteiger partial charge in [0.2, 0.25) is 0 Å². The third kappa shape index (κ3) is 5.60. The number of amides is 1. The Bertz CT molecular complexity index is 1010. The number of alkyl halides is 3. The quantitative estimate of drug-likeness (QED) is 0.462. The van der Waals surface area contributed by atoms with Crippen molar-refractivity contribution < 1.29 is 22.7 Å². The highest BCUT2D eigenvalue weighted by Crippen LogP contribution is 2.49. The molecule has 2 heterocycles. The van der Waals surface area contributed by atoms with Crippen molar-refractivity contribution in [3.05, 3.63) is 48.0 Å². The third-order valence-electron chi connectivity index (χ3n) is 5.98. The molecule has 2 aliphatic rings. The summed E-state index contributed by atoms with van der Waals surface area (Å²) in [6.07, 6.45) is -2.09. The van der Waals surface area contributed by atoms with Crippen LogP contribution < -0.4 is 4.90 Å². The average molecular weight is 479 g/mol. The van der Waals surface area contributed by atoms with E-state index in [9.17, 15) is 18.0 Å². The van der Waals surface area contributed by atoms with E-state index in [-0.39, 0.29) is 6.09 Å². The Balaban J connectivity index is 1.46. The van der Waals surface area contributed by atoms with E-state index in [0.717, 1.165) is 40.8 Å². The molecule has 4 rings (SSSR count). The molecule has 178 valence electrons. The molecule has 0 aromatic heterocycles. The van der Waals surface area contributed by atoms with Crippen molar-refractivity contribution in [1.82, 2.24) is 4.90 Å². The number of nitrogens with zero attached hydrogens (tertiary/aromatic N) is 2. The molecule has 0 atom stereocenters. The van der Waals surface area contributed by atoms with Crippen LogP contribution in [0, 0.1) is 5.92 Å². The third-order valence-corrected chi connectivity index (χ3v) is 7.11. The highest BCUT2D eigenvalue weighted by Gasteiger charge is 2.34. The van der Waals surface area contributed by atoms with Crippen LogP contribution in [0.5, 0.6) is 0 Å². The Labute approximate surface area is 197 Å². The number of halogens is 3. The lowest BCUT2D eigenvalue weighted by atomic mass is 9.93. The molecule has 2 aliphatic heterocycles. The van der Waals surface area contributed by atoms with E-state index in [1.165, 1.54) is 17.8 Å². The zero-order valence-electron chi connectivity index (χ0n) is 19.1. The lowest BCUT2D eigenvalue weighted by Gasteiger charge is -2.36. The SMILES string of the molecule is CC(C)(C)OC(=O)N1CCC(CCN2c3ccccc3Sc3ccc(C(F)(F)F)cc32)CC1. The number of fused-ring (bicyclic) bond motifs is 2. The number of hydrogen-bond acceptors (Lipinski definition) is 4. The molecule has 0 unspecified atom stereocenters. The minimum Gasteiger partial charge on any atom is -0.444 e. The zero-order valence-corrected chi connectivity index (χ0v) is 19.9. The summed E-state index contributed by atoms with van der Waals surface area (Å²) in [6.45, 7) is 7.47. The van der Waals surface area contributed by atoms with E-state index in [1.54, 1.807) is 11.0 Å². The molecule has 1 fully saturated rings. The van der Waals surface area contributed by atoms with Gasteiger partial charge in [-0.2, -0.15) is 13.2 Å². The molecule has 1 saturated heterocycles. The van der Waals surface area contributed by atoms with Gasteiger partial charge in [-0.05, 0) is 76.3 Å². The summed E-state index contributed by atoms with van der Waals surface area (Å²) in [5.74, 6) is 0.402. The van der Waals surface area contributed by atoms with Crippen molar-refractivity contribution in [2.24, 2.45) is 5.92 Å². The predicted molar refractivity (Wildman–Crippen MR) is 124 cm³/mol. The normalized spacial score (nSPS) is 16.9. The van der Waals surface area contributed by atoms with Crippen molar-refractivity contribution in [1.29, 1.82) is 0 Å². The van der Waals surface area contributed by atoms with Crippen LogP contribution in [0.4, 0.5) is 29.3 Å². The summed E-state index contributed by atoms with van der Waals surface area (Å²) in [5, 5.41) is 0. The number of likely N-dealkylation sites (tertiary alicyclic amines) is 1. The van der Waals surface area contributed by atoms with E-state index < -0.39 is 17.3 Å². The van der Waals surface area contributed by atoms with Crippen LogP contribution in [-0.2, 0) is 10.9 Å². The Morgan fingerprint density at radius 2 is 1.70 bits per heavy atom. The lowest BCUT2D eigenvalue weighted by Crippen LogP contribution is -2.42. The fourth-order valence-electron chi connectivity index (χ4n) is 4.29. The van der Waals surface area contributed by atoms with Crippen LogP contribution >= 0.6 is 11.8 Å². The largest absolute Gasteiger partial charge is 0.444 e. The van der Waals surface area contributed by atoms with Crippen LogP contribution in [-0.4, -0.2) is 36.2 Å². The molecule has 8 heteroatoms. The van der Waals surface area contributed by atoms with Gasteiger partial charge in [-0.15, -0.1) is 0 Å². The first-order valence-corrected chi connectivity index (χ1v) is 12.1. The average Bonchev–Trinajstić information content (AvgIpc) is 2.75. The fourth-order valence-corrected chi connectivity index (χ4v) is 5.37. The Kier molecular flexibility index (Phi) is 6.58. The molecular weight excluding hydrogens is 449 g/mol. The molecule has 33 heavy (non-hydrogen) atoms. The first-order chi connectivity index (χ1) is 15.5. The first-order valence-electron chi connectivity index (χ1n) is 11.2. The van der Waals surface area contributed by atoms with Crippen molar-refractivity contribution in [2.75, 3.05) is 24.5 Å². The number of piperidine rings is 1. The number of rotatable bonds is 3. The maximum Gasteiger partial charge on any atom is 0.416 e. The highest BCUT2D eigenvalue weighted by molar-refractivity contribution is 7.99. The molecular formula is C25H29F3N2O2S. The van der Waals surface area contributed by atoms with Gasteiger partial charge in [0.05, 0.1) is 16.9 Å². The van der Waals surface area contributed by atoms with Crippen LogP contribution in [0.2, 0.25) is 0 Å². The molecule has 0 saturated carbocycles. The molecule has 0 bridgehead atoms. The van der Waals surface area contributed by atoms with E-state index in [4.69, 9.17) is 4.74 Å². The molecule has 0 radical (unpaired) electrons. The van der Waals surface area contributed by atoms with Crippen LogP contribution in [0.25, 0.3) is 0 Å². The number of ether oxygens (including phenoxy) is 1. The van der Waals surface area contributed by atoms with Crippen LogP contribution in [0.15, 0.2) is 52.3 Å². The van der Waals surface area contributed by atoms with E-state index in [1.807, 2.05) is 49.9 Å². The standard InChI is InChI=1S/C25H29F3N2O2S/c1-24(2,3)32-23(31)29-13-10-17(11-14-29)12-15-30-19-6-4-5-7-21(19)33-22-9-8-18(16-20(22)30)25(26,27)28/h4-9,16-17H,10-15H2,1-3H3. The summed E-state index contributed by atoms with van der Waals surface area (Å²) >= 11 is 1.51. The second kappa shape index (κ2) is 9.12. The number of benzene rings is 2. The minimum absolute atomic E-state index is 0.281. The molecule has 2 aromatic carbocycles. The van der Waals surface area contributed by atoms with Crippen molar-refractivity contribution in [3.8, 4) is 0 Å². The van der Waals surface area contributed by atoms with Gasteiger partial charge >= 0.3 is 12.3 Å². The Morgan fingerprint density at radius 3 is 2.36 bits per heavy atom. The molecule has 0 N–H and O–H groups in total.